The second kappa shape index (κ2) is 8.76. The van der Waals surface area contributed by atoms with Gasteiger partial charge in [0.25, 0.3) is 0 Å². The highest BCUT2D eigenvalue weighted by Gasteiger charge is 2.31. The lowest BCUT2D eigenvalue weighted by atomic mass is 9.87. The van der Waals surface area contributed by atoms with Crippen molar-refractivity contribution >= 4 is 22.6 Å². The normalized spacial score (nSPS) is 21.1. The van der Waals surface area contributed by atoms with Gasteiger partial charge in [-0.15, -0.1) is 0 Å². The van der Waals surface area contributed by atoms with E-state index in [-0.39, 0.29) is 17.7 Å². The molecule has 0 aromatic heterocycles. The highest BCUT2D eigenvalue weighted by atomic mass is 16.2. The first-order valence-corrected chi connectivity index (χ1v) is 10.7. The number of benzene rings is 2. The summed E-state index contributed by atoms with van der Waals surface area (Å²) in [7, 11) is 0. The maximum atomic E-state index is 12.8. The summed E-state index contributed by atoms with van der Waals surface area (Å²) < 4.78 is 0. The van der Waals surface area contributed by atoms with Crippen LogP contribution in [0.5, 0.6) is 0 Å². The molecule has 2 amide bonds. The summed E-state index contributed by atoms with van der Waals surface area (Å²) in [6.45, 7) is 1.95. The Kier molecular flexibility index (Phi) is 5.94. The molecule has 2 aromatic carbocycles. The SMILES string of the molecule is O=C(NCc1cccc2ccccc12)C1CCC(=O)N(CC2CCCCC2)C1. The van der Waals surface area contributed by atoms with E-state index in [4.69, 9.17) is 0 Å². The molecule has 1 aliphatic carbocycles. The van der Waals surface area contributed by atoms with E-state index >= 15 is 0 Å². The molecule has 0 bridgehead atoms. The number of likely N-dealkylation sites (tertiary alicyclic amines) is 1. The molecule has 1 atom stereocenters. The first-order valence-electron chi connectivity index (χ1n) is 10.7. The summed E-state index contributed by atoms with van der Waals surface area (Å²) in [6, 6.07) is 14.5. The molecule has 2 fully saturated rings. The lowest BCUT2D eigenvalue weighted by Gasteiger charge is -2.35. The number of carbonyl (C=O) groups excluding carboxylic acids is 2. The van der Waals surface area contributed by atoms with Crippen molar-refractivity contribution in [1.29, 1.82) is 0 Å². The van der Waals surface area contributed by atoms with Crippen LogP contribution in [0, 0.1) is 11.8 Å². The van der Waals surface area contributed by atoms with Gasteiger partial charge in [0.2, 0.25) is 11.8 Å². The smallest absolute Gasteiger partial charge is 0.225 e. The second-order valence-corrected chi connectivity index (χ2v) is 8.39. The van der Waals surface area contributed by atoms with Gasteiger partial charge in [0.15, 0.2) is 0 Å². The maximum absolute atomic E-state index is 12.8. The predicted octanol–water partition coefficient (Wildman–Crippen LogP) is 4.27. The summed E-state index contributed by atoms with van der Waals surface area (Å²) >= 11 is 0. The minimum absolute atomic E-state index is 0.0779. The zero-order chi connectivity index (χ0) is 19.3. The van der Waals surface area contributed by atoms with Crippen LogP contribution in [-0.2, 0) is 16.1 Å². The van der Waals surface area contributed by atoms with E-state index in [1.54, 1.807) is 0 Å². The Morgan fingerprint density at radius 1 is 1.00 bits per heavy atom. The van der Waals surface area contributed by atoms with Gasteiger partial charge in [-0.2, -0.15) is 0 Å². The number of hydrogen-bond acceptors (Lipinski definition) is 2. The van der Waals surface area contributed by atoms with Crippen LogP contribution in [0.2, 0.25) is 0 Å². The molecule has 0 radical (unpaired) electrons. The average molecular weight is 379 g/mol. The van der Waals surface area contributed by atoms with Gasteiger partial charge in [0, 0.05) is 26.1 Å². The topological polar surface area (TPSA) is 49.4 Å². The van der Waals surface area contributed by atoms with Crippen LogP contribution in [0.1, 0.15) is 50.5 Å². The lowest BCUT2D eigenvalue weighted by molar-refractivity contribution is -0.139. The molecule has 148 valence electrons. The predicted molar refractivity (Wildman–Crippen MR) is 112 cm³/mol. The molecular weight excluding hydrogens is 348 g/mol. The molecule has 1 aliphatic heterocycles. The molecule has 1 saturated carbocycles. The molecule has 2 aliphatic rings. The minimum Gasteiger partial charge on any atom is -0.352 e. The van der Waals surface area contributed by atoms with Crippen LogP contribution in [-0.4, -0.2) is 29.8 Å². The van der Waals surface area contributed by atoms with Crippen molar-refractivity contribution in [3.8, 4) is 0 Å². The second-order valence-electron chi connectivity index (χ2n) is 8.39. The quantitative estimate of drug-likeness (QED) is 0.844. The van der Waals surface area contributed by atoms with Crippen LogP contribution in [0.25, 0.3) is 10.8 Å². The fraction of sp³-hybridized carbons (Fsp3) is 0.500. The zero-order valence-electron chi connectivity index (χ0n) is 16.5. The Balaban J connectivity index is 1.35. The first-order chi connectivity index (χ1) is 13.7. The van der Waals surface area contributed by atoms with Gasteiger partial charge in [-0.05, 0) is 41.5 Å². The van der Waals surface area contributed by atoms with Crippen molar-refractivity contribution < 1.29 is 9.59 Å². The molecule has 4 nitrogen and oxygen atoms in total. The van der Waals surface area contributed by atoms with Crippen LogP contribution in [0.15, 0.2) is 42.5 Å². The number of piperidine rings is 1. The number of nitrogens with zero attached hydrogens (tertiary/aromatic N) is 1. The van der Waals surface area contributed by atoms with E-state index in [0.29, 0.717) is 31.8 Å². The summed E-state index contributed by atoms with van der Waals surface area (Å²) in [5.74, 6) is 0.837. The Hall–Kier alpha value is -2.36. The van der Waals surface area contributed by atoms with Gasteiger partial charge >= 0.3 is 0 Å². The molecular formula is C24H30N2O2. The van der Waals surface area contributed by atoms with Crippen LogP contribution >= 0.6 is 0 Å². The minimum atomic E-state index is -0.0868. The largest absolute Gasteiger partial charge is 0.352 e. The third-order valence-electron chi connectivity index (χ3n) is 6.41. The Labute approximate surface area is 167 Å². The molecule has 1 unspecified atom stereocenters. The van der Waals surface area contributed by atoms with Crippen molar-refractivity contribution in [1.82, 2.24) is 10.2 Å². The van der Waals surface area contributed by atoms with Gasteiger partial charge in [-0.25, -0.2) is 0 Å². The Bertz CT molecular complexity index is 836. The molecule has 2 aromatic rings. The number of fused-ring (bicyclic) bond motifs is 1. The summed E-state index contributed by atoms with van der Waals surface area (Å²) in [5.41, 5.74) is 1.14. The highest BCUT2D eigenvalue weighted by molar-refractivity contribution is 5.87. The fourth-order valence-corrected chi connectivity index (χ4v) is 4.76. The molecule has 0 spiro atoms. The number of rotatable bonds is 5. The monoisotopic (exact) mass is 378 g/mol. The van der Waals surface area contributed by atoms with E-state index in [0.717, 1.165) is 12.1 Å². The molecule has 28 heavy (non-hydrogen) atoms. The van der Waals surface area contributed by atoms with Gasteiger partial charge in [-0.1, -0.05) is 61.7 Å². The summed E-state index contributed by atoms with van der Waals surface area (Å²) in [6.07, 6.45) is 7.50. The zero-order valence-corrected chi connectivity index (χ0v) is 16.5. The van der Waals surface area contributed by atoms with Crippen molar-refractivity contribution in [2.45, 2.75) is 51.5 Å². The fourth-order valence-electron chi connectivity index (χ4n) is 4.76. The Morgan fingerprint density at radius 3 is 2.64 bits per heavy atom. The number of hydrogen-bond donors (Lipinski definition) is 1. The van der Waals surface area contributed by atoms with Crippen LogP contribution in [0.3, 0.4) is 0 Å². The molecule has 1 heterocycles. The first kappa shape index (κ1) is 19.0. The van der Waals surface area contributed by atoms with Gasteiger partial charge in [-0.3, -0.25) is 9.59 Å². The standard InChI is InChI=1S/C24H30N2O2/c27-23-14-13-21(17-26(23)16-18-7-2-1-3-8-18)24(28)25-15-20-11-6-10-19-9-4-5-12-22(19)20/h4-6,9-12,18,21H,1-3,7-8,13-17H2,(H,25,28). The molecule has 4 heteroatoms. The third kappa shape index (κ3) is 4.37. The number of nitrogens with one attached hydrogen (secondary N) is 1. The lowest BCUT2D eigenvalue weighted by Crippen LogP contribution is -2.47. The van der Waals surface area contributed by atoms with Crippen LogP contribution < -0.4 is 5.32 Å². The Morgan fingerprint density at radius 2 is 1.79 bits per heavy atom. The highest BCUT2D eigenvalue weighted by Crippen LogP contribution is 2.27. The van der Waals surface area contributed by atoms with E-state index in [1.165, 1.54) is 42.9 Å². The van der Waals surface area contributed by atoms with E-state index in [9.17, 15) is 9.59 Å². The van der Waals surface area contributed by atoms with Gasteiger partial charge in [0.05, 0.1) is 5.92 Å². The molecule has 4 rings (SSSR count). The number of amides is 2. The van der Waals surface area contributed by atoms with E-state index < -0.39 is 0 Å². The van der Waals surface area contributed by atoms with Crippen molar-refractivity contribution in [2.75, 3.05) is 13.1 Å². The summed E-state index contributed by atoms with van der Waals surface area (Å²) in [4.78, 5) is 27.1. The van der Waals surface area contributed by atoms with Crippen molar-refractivity contribution in [3.63, 3.8) is 0 Å². The summed E-state index contributed by atoms with van der Waals surface area (Å²) in [5, 5.41) is 5.50. The molecule has 1 N–H and O–H groups in total. The maximum Gasteiger partial charge on any atom is 0.225 e. The van der Waals surface area contributed by atoms with Gasteiger partial charge < -0.3 is 10.2 Å². The average Bonchev–Trinajstić information content (AvgIpc) is 2.74. The van der Waals surface area contributed by atoms with Crippen LogP contribution in [0.4, 0.5) is 0 Å². The van der Waals surface area contributed by atoms with Crippen molar-refractivity contribution in [2.24, 2.45) is 11.8 Å². The van der Waals surface area contributed by atoms with E-state index in [1.807, 2.05) is 23.1 Å². The van der Waals surface area contributed by atoms with Gasteiger partial charge in [0.1, 0.15) is 0 Å². The third-order valence-corrected chi connectivity index (χ3v) is 6.41. The van der Waals surface area contributed by atoms with E-state index in [2.05, 4.69) is 29.6 Å². The van der Waals surface area contributed by atoms with Crippen molar-refractivity contribution in [3.05, 3.63) is 48.0 Å². The number of carbonyl (C=O) groups is 2. The molecule has 1 saturated heterocycles.